The molecule has 0 aliphatic carbocycles. The lowest BCUT2D eigenvalue weighted by molar-refractivity contribution is 0.412. The van der Waals surface area contributed by atoms with Gasteiger partial charge in [-0.25, -0.2) is 0 Å². The van der Waals surface area contributed by atoms with Crippen LogP contribution in [0.15, 0.2) is 46.9 Å². The van der Waals surface area contributed by atoms with Crippen LogP contribution in [-0.2, 0) is 0 Å². The SMILES string of the molecule is COc1ccc(C(C#N)Nc2cccc(Cl)c2)cc1Br. The van der Waals surface area contributed by atoms with E-state index in [1.54, 1.807) is 19.2 Å². The van der Waals surface area contributed by atoms with Gasteiger partial charge in [-0.15, -0.1) is 0 Å². The minimum atomic E-state index is -0.462. The predicted molar refractivity (Wildman–Crippen MR) is 84.1 cm³/mol. The molecule has 20 heavy (non-hydrogen) atoms. The van der Waals surface area contributed by atoms with Crippen LogP contribution in [0.5, 0.6) is 5.75 Å². The van der Waals surface area contributed by atoms with E-state index < -0.39 is 6.04 Å². The van der Waals surface area contributed by atoms with E-state index in [0.29, 0.717) is 5.02 Å². The van der Waals surface area contributed by atoms with Crippen molar-refractivity contribution in [2.45, 2.75) is 6.04 Å². The highest BCUT2D eigenvalue weighted by Gasteiger charge is 2.12. The molecule has 0 aliphatic rings. The summed E-state index contributed by atoms with van der Waals surface area (Å²) >= 11 is 9.35. The summed E-state index contributed by atoms with van der Waals surface area (Å²) in [5.41, 5.74) is 1.65. The van der Waals surface area contributed by atoms with Crippen molar-refractivity contribution in [2.75, 3.05) is 12.4 Å². The van der Waals surface area contributed by atoms with E-state index in [0.717, 1.165) is 21.5 Å². The summed E-state index contributed by atoms with van der Waals surface area (Å²) in [5, 5.41) is 13.1. The number of anilines is 1. The van der Waals surface area contributed by atoms with Gasteiger partial charge >= 0.3 is 0 Å². The van der Waals surface area contributed by atoms with E-state index in [1.807, 2.05) is 30.3 Å². The Morgan fingerprint density at radius 3 is 2.70 bits per heavy atom. The molecule has 0 aliphatic heterocycles. The molecule has 2 aromatic rings. The van der Waals surface area contributed by atoms with Gasteiger partial charge in [0.05, 0.1) is 17.7 Å². The van der Waals surface area contributed by atoms with Gasteiger partial charge in [0.25, 0.3) is 0 Å². The molecule has 2 aromatic carbocycles. The fourth-order valence-electron chi connectivity index (χ4n) is 1.80. The van der Waals surface area contributed by atoms with Gasteiger partial charge in [0.1, 0.15) is 11.8 Å². The van der Waals surface area contributed by atoms with Gasteiger partial charge in [-0.05, 0) is 51.8 Å². The Labute approximate surface area is 131 Å². The number of methoxy groups -OCH3 is 1. The number of nitriles is 1. The molecule has 0 saturated heterocycles. The van der Waals surface area contributed by atoms with Crippen molar-refractivity contribution in [3.63, 3.8) is 0 Å². The minimum absolute atomic E-state index is 0.462. The molecule has 0 spiro atoms. The summed E-state index contributed by atoms with van der Waals surface area (Å²) in [4.78, 5) is 0. The molecule has 0 amide bonds. The van der Waals surface area contributed by atoms with Crippen LogP contribution in [0.2, 0.25) is 5.02 Å². The van der Waals surface area contributed by atoms with E-state index in [-0.39, 0.29) is 0 Å². The number of hydrogen-bond donors (Lipinski definition) is 1. The number of benzene rings is 2. The first-order chi connectivity index (χ1) is 9.63. The van der Waals surface area contributed by atoms with Crippen LogP contribution in [0.25, 0.3) is 0 Å². The first kappa shape index (κ1) is 14.7. The van der Waals surface area contributed by atoms with Crippen LogP contribution in [0.1, 0.15) is 11.6 Å². The van der Waals surface area contributed by atoms with Crippen molar-refractivity contribution < 1.29 is 4.74 Å². The second kappa shape index (κ2) is 6.65. The quantitative estimate of drug-likeness (QED) is 0.861. The fourth-order valence-corrected chi connectivity index (χ4v) is 2.55. The zero-order chi connectivity index (χ0) is 14.5. The maximum absolute atomic E-state index is 9.34. The molecule has 0 heterocycles. The molecule has 0 bridgehead atoms. The largest absolute Gasteiger partial charge is 0.496 e. The van der Waals surface area contributed by atoms with Crippen molar-refractivity contribution >= 4 is 33.2 Å². The molecule has 102 valence electrons. The van der Waals surface area contributed by atoms with Crippen molar-refractivity contribution in [3.05, 3.63) is 57.5 Å². The van der Waals surface area contributed by atoms with Crippen LogP contribution < -0.4 is 10.1 Å². The maximum Gasteiger partial charge on any atom is 0.140 e. The molecular weight excluding hydrogens is 340 g/mol. The molecule has 0 fully saturated rings. The lowest BCUT2D eigenvalue weighted by atomic mass is 10.1. The zero-order valence-electron chi connectivity index (χ0n) is 10.7. The average Bonchev–Trinajstić information content (AvgIpc) is 2.44. The first-order valence-corrected chi connectivity index (χ1v) is 7.06. The first-order valence-electron chi connectivity index (χ1n) is 5.89. The molecule has 0 saturated carbocycles. The van der Waals surface area contributed by atoms with Gasteiger partial charge in [0.15, 0.2) is 0 Å². The van der Waals surface area contributed by atoms with Gasteiger partial charge in [-0.1, -0.05) is 23.7 Å². The van der Waals surface area contributed by atoms with Crippen LogP contribution in [0.4, 0.5) is 5.69 Å². The molecule has 1 N–H and O–H groups in total. The Balaban J connectivity index is 2.25. The number of rotatable bonds is 4. The third kappa shape index (κ3) is 3.44. The molecule has 5 heteroatoms. The molecular formula is C15H12BrClN2O. The third-order valence-corrected chi connectivity index (χ3v) is 3.63. The van der Waals surface area contributed by atoms with Crippen LogP contribution in [0.3, 0.4) is 0 Å². The summed E-state index contributed by atoms with van der Waals surface area (Å²) in [5.74, 6) is 0.730. The number of halogens is 2. The topological polar surface area (TPSA) is 45.0 Å². The predicted octanol–water partition coefficient (Wildman–Crippen LogP) is 4.79. The average molecular weight is 352 g/mol. The molecule has 0 aromatic heterocycles. The summed E-state index contributed by atoms with van der Waals surface area (Å²) in [6.45, 7) is 0. The second-order valence-electron chi connectivity index (χ2n) is 4.11. The lowest BCUT2D eigenvalue weighted by Crippen LogP contribution is -2.08. The van der Waals surface area contributed by atoms with Gasteiger partial charge < -0.3 is 10.1 Å². The summed E-state index contributed by atoms with van der Waals surface area (Å²) in [6.07, 6.45) is 0. The Hall–Kier alpha value is -1.70. The number of ether oxygens (including phenoxy) is 1. The lowest BCUT2D eigenvalue weighted by Gasteiger charge is -2.14. The number of hydrogen-bond acceptors (Lipinski definition) is 3. The second-order valence-corrected chi connectivity index (χ2v) is 5.40. The van der Waals surface area contributed by atoms with E-state index in [1.165, 1.54) is 0 Å². The highest BCUT2D eigenvalue weighted by atomic mass is 79.9. The Kier molecular flexibility index (Phi) is 4.89. The van der Waals surface area contributed by atoms with Gasteiger partial charge in [0, 0.05) is 10.7 Å². The molecule has 0 radical (unpaired) electrons. The summed E-state index contributed by atoms with van der Waals surface area (Å²) in [7, 11) is 1.60. The van der Waals surface area contributed by atoms with Crippen LogP contribution in [-0.4, -0.2) is 7.11 Å². The molecule has 2 rings (SSSR count). The van der Waals surface area contributed by atoms with E-state index in [4.69, 9.17) is 16.3 Å². The summed E-state index contributed by atoms with van der Waals surface area (Å²) in [6, 6.07) is 14.6. The fraction of sp³-hybridized carbons (Fsp3) is 0.133. The highest BCUT2D eigenvalue weighted by Crippen LogP contribution is 2.29. The molecule has 3 nitrogen and oxygen atoms in total. The number of nitrogens with one attached hydrogen (secondary N) is 1. The molecule has 1 unspecified atom stereocenters. The minimum Gasteiger partial charge on any atom is -0.496 e. The van der Waals surface area contributed by atoms with Crippen molar-refractivity contribution in [1.29, 1.82) is 5.26 Å². The van der Waals surface area contributed by atoms with Crippen LogP contribution in [0, 0.1) is 11.3 Å². The Morgan fingerprint density at radius 2 is 2.10 bits per heavy atom. The van der Waals surface area contributed by atoms with Crippen LogP contribution >= 0.6 is 27.5 Å². The van der Waals surface area contributed by atoms with Crippen molar-refractivity contribution in [1.82, 2.24) is 0 Å². The van der Waals surface area contributed by atoms with Crippen molar-refractivity contribution in [3.8, 4) is 11.8 Å². The van der Waals surface area contributed by atoms with E-state index in [2.05, 4.69) is 27.3 Å². The Bertz CT molecular complexity index is 655. The third-order valence-electron chi connectivity index (χ3n) is 2.77. The van der Waals surface area contributed by atoms with Gasteiger partial charge in [-0.2, -0.15) is 5.26 Å². The van der Waals surface area contributed by atoms with Gasteiger partial charge in [0.2, 0.25) is 0 Å². The standard InChI is InChI=1S/C15H12BrClN2O/c1-20-15-6-5-10(7-13(15)16)14(9-18)19-12-4-2-3-11(17)8-12/h2-8,14,19H,1H3. The highest BCUT2D eigenvalue weighted by molar-refractivity contribution is 9.10. The Morgan fingerprint density at radius 1 is 1.30 bits per heavy atom. The van der Waals surface area contributed by atoms with Crippen molar-refractivity contribution in [2.24, 2.45) is 0 Å². The van der Waals surface area contributed by atoms with E-state index >= 15 is 0 Å². The smallest absolute Gasteiger partial charge is 0.140 e. The molecule has 1 atom stereocenters. The monoisotopic (exact) mass is 350 g/mol. The van der Waals surface area contributed by atoms with E-state index in [9.17, 15) is 5.26 Å². The normalized spacial score (nSPS) is 11.5. The number of nitrogens with zero attached hydrogens (tertiary/aromatic N) is 1. The zero-order valence-corrected chi connectivity index (χ0v) is 13.1. The maximum atomic E-state index is 9.34. The summed E-state index contributed by atoms with van der Waals surface area (Å²) < 4.78 is 5.99. The van der Waals surface area contributed by atoms with Gasteiger partial charge in [-0.3, -0.25) is 0 Å².